The number of aliphatic hydroxyl groups excluding tert-OH is 1. The number of benzene rings is 2. The maximum absolute atomic E-state index is 15.5. The van der Waals surface area contributed by atoms with Crippen LogP contribution in [-0.2, 0) is 96.1 Å². The minimum absolute atomic E-state index is 0. The van der Waals surface area contributed by atoms with Gasteiger partial charge in [-0.25, -0.2) is 4.79 Å². The zero-order valence-corrected chi connectivity index (χ0v) is 71.8. The lowest BCUT2D eigenvalue weighted by atomic mass is 9.88. The van der Waals surface area contributed by atoms with Gasteiger partial charge in [0.15, 0.2) is 40.7 Å². The number of phenolic OH excluding ortho intramolecular Hbond substituents is 2. The quantitative estimate of drug-likeness (QED) is 0.0127. The number of nitrogens with one attached hydrogen (secondary N) is 6. The van der Waals surface area contributed by atoms with Crippen molar-refractivity contribution in [2.24, 2.45) is 63.4 Å². The number of ketones is 7. The van der Waals surface area contributed by atoms with Crippen LogP contribution in [0.4, 0.5) is 4.79 Å². The predicted octanol–water partition coefficient (Wildman–Crippen LogP) is 3.42. The van der Waals surface area contributed by atoms with Gasteiger partial charge in [-0.05, 0) is 149 Å². The van der Waals surface area contributed by atoms with Crippen molar-refractivity contribution in [3.63, 3.8) is 0 Å². The van der Waals surface area contributed by atoms with Crippen LogP contribution in [0.5, 0.6) is 11.5 Å². The van der Waals surface area contributed by atoms with Crippen LogP contribution < -0.4 is 54.8 Å². The number of phenols is 2. The molecule has 0 unspecified atom stereocenters. The number of guanidine groups is 1. The number of rotatable bonds is 44. The first kappa shape index (κ1) is 103. The Labute approximate surface area is 724 Å². The molecule has 0 saturated carbocycles. The topological polar surface area (TPSA) is 614 Å². The lowest BCUT2D eigenvalue weighted by Crippen LogP contribution is -2.51. The molecule has 2 aromatic carbocycles. The largest absolute Gasteiger partial charge is 0.508 e. The molecule has 2 aliphatic heterocycles. The SMILES string of the molecule is C.CCCCCC(=O)CCC(=O)N[C@H]1CSSC[C@@H](C(=O)C[C@@H](CCCNC(N)=O)C(=O)N[C@@H](Cc2ccc(O)c(I)c2)C(=O)C[C@@H](CCC(N)=O)C(=O)N[C@@H](CCCn2cc(C)nn2)C(=O)C[C@@H](Cc2ccc(O)cc2)C(=O)O)NC(=O)[C@H](CCCN=C(N)N)CC(=O)[C@@H]2CCCN2C(=O)[C@H](CC(=O)O)CC(=O)[C@H]([C@@H](C)O)NC(=O)[C@H](C)CC1=O. The van der Waals surface area contributed by atoms with Gasteiger partial charge in [-0.2, -0.15) is 0 Å². The van der Waals surface area contributed by atoms with E-state index >= 15 is 19.2 Å². The molecule has 2 saturated heterocycles. The summed E-state index contributed by atoms with van der Waals surface area (Å²) in [4.78, 5) is 244. The molecule has 668 valence electrons. The van der Waals surface area contributed by atoms with Crippen LogP contribution in [0.1, 0.15) is 193 Å². The number of nitrogens with zero attached hydrogens (tertiary/aromatic N) is 5. The van der Waals surface area contributed by atoms with Gasteiger partial charge in [-0.1, -0.05) is 79.1 Å². The lowest BCUT2D eigenvalue weighted by molar-refractivity contribution is -0.148. The molecule has 2 fully saturated rings. The molecular formula is C81H118IN15O22S2. The maximum atomic E-state index is 15.5. The van der Waals surface area contributed by atoms with E-state index in [-0.39, 0.29) is 146 Å². The standard InChI is InChI=1S/C80H114IN15O22S2.CH4/c1-5-6-7-14-54(98)23-26-70(108)88-59-42-119-120-43-60(91-75(113)50(12-8-27-86-79(83)84)37-67(105)61-16-11-30-96(61)77(115)52(40-71(109)110)38-68(106)72(46(4)97)92-73(111)44(2)31-63(59)101)66(104)35-49(13-9-28-87-80(85)118)74(112)90-58(34-48-19-24-62(100)56(81)33-48)65(103)36-51(20-25-69(82)107)76(114)89-57(15-10-29-95-41-45(3)93-94-95)64(102)39-53(78(116)117)32-47-17-21-55(99)22-18-47;/h17-19,21-22,24,33,41,44,46,49-53,57-61,72,97,99-100H,5-16,20,23,25-32,34-40,42-43H2,1-4H3,(H2,82,107)(H,88,108)(H,89,114)(H,90,112)(H,91,113)(H,92,111)(H,109,110)(H,116,117)(H4,83,84,86)(H3,85,87,118);1H4/t44-,46-,49-,50-,51-,52+,53-,57+,58+,59+,60+,61+,72+;/m1./s1. The van der Waals surface area contributed by atoms with E-state index in [1.54, 1.807) is 13.1 Å². The first-order valence-electron chi connectivity index (χ1n) is 40.2. The van der Waals surface area contributed by atoms with E-state index in [2.05, 4.69) is 47.2 Å². The number of unbranched alkanes of at least 4 members (excludes halogenated alkanes) is 2. The van der Waals surface area contributed by atoms with Crippen molar-refractivity contribution in [2.45, 2.75) is 245 Å². The van der Waals surface area contributed by atoms with Gasteiger partial charge >= 0.3 is 18.0 Å². The number of fused-ring (bicyclic) bond motifs is 1. The third-order valence-corrected chi connectivity index (χ3v) is 24.0. The van der Waals surface area contributed by atoms with Crippen LogP contribution in [0, 0.1) is 46.0 Å². The number of urea groups is 1. The number of carboxylic acid groups (broad SMARTS) is 2. The number of aliphatic carboxylic acids is 2. The number of aryl methyl sites for hydroxylation is 2. The number of carbonyl (C=O) groups is 17. The van der Waals surface area contributed by atoms with Crippen molar-refractivity contribution in [3.05, 3.63) is 69.1 Å². The summed E-state index contributed by atoms with van der Waals surface area (Å²) in [5.74, 6) is -23.9. The van der Waals surface area contributed by atoms with Crippen molar-refractivity contribution >= 4 is 150 Å². The van der Waals surface area contributed by atoms with Crippen LogP contribution in [0.25, 0.3) is 0 Å². The molecule has 0 spiro atoms. The molecule has 9 amide bonds. The van der Waals surface area contributed by atoms with E-state index in [0.717, 1.165) is 39.3 Å². The van der Waals surface area contributed by atoms with E-state index < -0.39 is 235 Å². The summed E-state index contributed by atoms with van der Waals surface area (Å²) in [6, 6.07) is -0.0578. The summed E-state index contributed by atoms with van der Waals surface area (Å²) in [5.41, 5.74) is 23.8. The molecule has 3 heterocycles. The number of carbonyl (C=O) groups excluding carboxylic acids is 15. The van der Waals surface area contributed by atoms with Crippen LogP contribution in [0.3, 0.4) is 0 Å². The Morgan fingerprint density at radius 1 is 0.711 bits per heavy atom. The lowest BCUT2D eigenvalue weighted by Gasteiger charge is -2.30. The summed E-state index contributed by atoms with van der Waals surface area (Å²) in [6.45, 7) is 6.01. The number of hydrogen-bond acceptors (Lipinski definition) is 25. The number of nitrogens with two attached hydrogens (primary N) is 4. The molecule has 0 radical (unpaired) electrons. The fourth-order valence-electron chi connectivity index (χ4n) is 14.0. The van der Waals surface area contributed by atoms with Gasteiger partial charge in [0.05, 0.1) is 63.8 Å². The fourth-order valence-corrected chi connectivity index (χ4v) is 17.0. The summed E-state index contributed by atoms with van der Waals surface area (Å²) in [5, 5.41) is 75.7. The van der Waals surface area contributed by atoms with Gasteiger partial charge in [0.1, 0.15) is 23.3 Å². The zero-order valence-electron chi connectivity index (χ0n) is 68.0. The zero-order chi connectivity index (χ0) is 88.9. The Kier molecular flexibility index (Phi) is 45.3. The molecule has 121 heavy (non-hydrogen) atoms. The molecule has 19 N–H and O–H groups in total. The summed E-state index contributed by atoms with van der Waals surface area (Å²) in [6.07, 6.45) is -4.69. The van der Waals surface area contributed by atoms with Crippen LogP contribution in [0.2, 0.25) is 0 Å². The molecular weight excluding hydrogens is 1730 g/mol. The number of Topliss-reactive ketones (excluding diaryl/α,β-unsaturated/α-hetero) is 7. The van der Waals surface area contributed by atoms with Crippen molar-refractivity contribution < 1.29 is 107 Å². The Morgan fingerprint density at radius 3 is 1.99 bits per heavy atom. The molecule has 40 heteroatoms. The molecule has 13 atom stereocenters. The highest BCUT2D eigenvalue weighted by Gasteiger charge is 2.43. The summed E-state index contributed by atoms with van der Waals surface area (Å²) < 4.78 is 1.81. The third kappa shape index (κ3) is 37.1. The highest BCUT2D eigenvalue weighted by molar-refractivity contribution is 14.1. The van der Waals surface area contributed by atoms with Crippen molar-refractivity contribution in [1.82, 2.24) is 51.8 Å². The number of aliphatic hydroxyl groups is 1. The molecule has 37 nitrogen and oxygen atoms in total. The number of primary amides is 2. The van der Waals surface area contributed by atoms with Crippen LogP contribution in [-0.4, -0.2) is 225 Å². The Balaban J connectivity index is 0.0000308. The summed E-state index contributed by atoms with van der Waals surface area (Å²) >= 11 is 1.84. The molecule has 3 aromatic rings. The maximum Gasteiger partial charge on any atom is 0.312 e. The normalized spacial score (nSPS) is 19.9. The third-order valence-electron chi connectivity index (χ3n) is 20.7. The van der Waals surface area contributed by atoms with Gasteiger partial charge in [0.25, 0.3) is 0 Å². The van der Waals surface area contributed by atoms with Crippen LogP contribution >= 0.6 is 44.2 Å². The van der Waals surface area contributed by atoms with E-state index in [0.29, 0.717) is 26.8 Å². The van der Waals surface area contributed by atoms with Crippen molar-refractivity contribution in [3.8, 4) is 11.5 Å². The minimum Gasteiger partial charge on any atom is -0.508 e. The van der Waals surface area contributed by atoms with Crippen molar-refractivity contribution in [2.75, 3.05) is 31.1 Å². The van der Waals surface area contributed by atoms with E-state index in [9.17, 15) is 87.9 Å². The predicted molar refractivity (Wildman–Crippen MR) is 456 cm³/mol. The molecule has 5 rings (SSSR count). The number of aromatic nitrogens is 3. The number of hydrogen-bond donors (Lipinski definition) is 15. The van der Waals surface area contributed by atoms with Gasteiger partial charge < -0.3 is 85.3 Å². The Hall–Kier alpha value is -9.97. The first-order valence-corrected chi connectivity index (χ1v) is 43.7. The van der Waals surface area contributed by atoms with Gasteiger partial charge in [-0.3, -0.25) is 86.4 Å². The van der Waals surface area contributed by atoms with E-state index in [1.807, 2.05) is 29.5 Å². The van der Waals surface area contributed by atoms with E-state index in [4.69, 9.17) is 22.9 Å². The smallest absolute Gasteiger partial charge is 0.312 e. The number of halogens is 1. The Morgan fingerprint density at radius 2 is 1.36 bits per heavy atom. The first-order chi connectivity index (χ1) is 56.8. The van der Waals surface area contributed by atoms with E-state index in [1.165, 1.54) is 61.0 Å². The van der Waals surface area contributed by atoms with Gasteiger partial charge in [0.2, 0.25) is 41.4 Å². The molecule has 0 bridgehead atoms. The fraction of sp³-hybridized carbons (Fsp3) is 0.605. The second-order valence-electron chi connectivity index (χ2n) is 30.6. The number of aliphatic imine (C=N–C) groups is 1. The summed E-state index contributed by atoms with van der Waals surface area (Å²) in [7, 11) is 1.82. The second-order valence-corrected chi connectivity index (χ2v) is 34.4. The second kappa shape index (κ2) is 53.0. The Bertz CT molecular complexity index is 4130. The monoisotopic (exact) mass is 1840 g/mol. The number of amides is 9. The highest BCUT2D eigenvalue weighted by atomic mass is 127. The minimum atomic E-state index is -1.74. The van der Waals surface area contributed by atoms with Gasteiger partial charge in [-0.15, -0.1) is 5.10 Å². The molecule has 1 aromatic heterocycles. The molecule has 0 aliphatic carbocycles. The molecule has 2 aliphatic rings. The average molecular weight is 1840 g/mol. The number of carboxylic acids is 2. The van der Waals surface area contributed by atoms with Crippen LogP contribution in [0.15, 0.2) is 53.7 Å². The van der Waals surface area contributed by atoms with Gasteiger partial charge in [0, 0.05) is 132 Å². The number of aromatic hydroxyl groups is 2. The average Bonchev–Trinajstić information content (AvgIpc) is 1.68. The highest BCUT2D eigenvalue weighted by Crippen LogP contribution is 2.31. The van der Waals surface area contributed by atoms with Crippen molar-refractivity contribution in [1.29, 1.82) is 0 Å².